The van der Waals surface area contributed by atoms with Gasteiger partial charge in [-0.15, -0.1) is 11.3 Å². The number of halogens is 1. The second-order valence-corrected chi connectivity index (χ2v) is 7.99. The lowest BCUT2D eigenvalue weighted by Crippen LogP contribution is -2.34. The number of hydrogen-bond donors (Lipinski definition) is 1. The molecule has 2 aromatic carbocycles. The standard InChI is InChI=1S/C21H19BrN2O2S/c1-14-7-9-15(10-8-14)16-11-12-27-20(16)21(26)24(2)13-19(25)23-18-6-4-3-5-17(18)22/h3-12H,13H2,1-2H3,(H,23,25). The summed E-state index contributed by atoms with van der Waals surface area (Å²) in [7, 11) is 1.64. The van der Waals surface area contributed by atoms with Crippen molar-refractivity contribution in [3.63, 3.8) is 0 Å². The van der Waals surface area contributed by atoms with Crippen molar-refractivity contribution in [3.05, 3.63) is 74.9 Å². The summed E-state index contributed by atoms with van der Waals surface area (Å²) in [6, 6.07) is 17.4. The molecule has 0 bridgehead atoms. The summed E-state index contributed by atoms with van der Waals surface area (Å²) in [5, 5.41) is 4.72. The van der Waals surface area contributed by atoms with Crippen molar-refractivity contribution < 1.29 is 9.59 Å². The van der Waals surface area contributed by atoms with Crippen LogP contribution in [0, 0.1) is 6.92 Å². The molecule has 27 heavy (non-hydrogen) atoms. The molecule has 0 aliphatic carbocycles. The summed E-state index contributed by atoms with van der Waals surface area (Å²) in [6.07, 6.45) is 0. The first-order chi connectivity index (χ1) is 13.0. The van der Waals surface area contributed by atoms with E-state index in [1.54, 1.807) is 13.1 Å². The van der Waals surface area contributed by atoms with Crippen molar-refractivity contribution >= 4 is 44.8 Å². The van der Waals surface area contributed by atoms with Gasteiger partial charge in [-0.2, -0.15) is 0 Å². The van der Waals surface area contributed by atoms with Crippen LogP contribution in [0.3, 0.4) is 0 Å². The van der Waals surface area contributed by atoms with Crippen molar-refractivity contribution in [1.29, 1.82) is 0 Å². The summed E-state index contributed by atoms with van der Waals surface area (Å²) in [5.74, 6) is -0.408. The molecular weight excluding hydrogens is 424 g/mol. The van der Waals surface area contributed by atoms with Crippen molar-refractivity contribution in [2.75, 3.05) is 18.9 Å². The lowest BCUT2D eigenvalue weighted by Gasteiger charge is -2.17. The van der Waals surface area contributed by atoms with E-state index in [9.17, 15) is 9.59 Å². The number of carbonyl (C=O) groups is 2. The van der Waals surface area contributed by atoms with Gasteiger partial charge in [0, 0.05) is 17.1 Å². The van der Waals surface area contributed by atoms with Crippen LogP contribution in [0.2, 0.25) is 0 Å². The molecule has 3 aromatic rings. The van der Waals surface area contributed by atoms with Gasteiger partial charge in [0.25, 0.3) is 5.91 Å². The van der Waals surface area contributed by atoms with Crippen LogP contribution >= 0.6 is 27.3 Å². The molecule has 0 saturated carbocycles. The SMILES string of the molecule is Cc1ccc(-c2ccsc2C(=O)N(C)CC(=O)Nc2ccccc2Br)cc1. The van der Waals surface area contributed by atoms with E-state index in [2.05, 4.69) is 21.2 Å². The van der Waals surface area contributed by atoms with Crippen LogP contribution in [0.25, 0.3) is 11.1 Å². The van der Waals surface area contributed by atoms with E-state index in [-0.39, 0.29) is 18.4 Å². The predicted octanol–water partition coefficient (Wildman–Crippen LogP) is 5.20. The Hall–Kier alpha value is -2.44. The van der Waals surface area contributed by atoms with Gasteiger partial charge in [-0.3, -0.25) is 9.59 Å². The molecule has 0 unspecified atom stereocenters. The van der Waals surface area contributed by atoms with Crippen LogP contribution in [-0.2, 0) is 4.79 Å². The number of rotatable bonds is 5. The van der Waals surface area contributed by atoms with E-state index in [4.69, 9.17) is 0 Å². The van der Waals surface area contributed by atoms with E-state index in [1.807, 2.05) is 60.8 Å². The monoisotopic (exact) mass is 442 g/mol. The highest BCUT2D eigenvalue weighted by atomic mass is 79.9. The maximum atomic E-state index is 12.9. The summed E-state index contributed by atoms with van der Waals surface area (Å²) in [6.45, 7) is 2.01. The van der Waals surface area contributed by atoms with E-state index in [0.29, 0.717) is 10.6 Å². The highest BCUT2D eigenvalue weighted by Gasteiger charge is 2.20. The summed E-state index contributed by atoms with van der Waals surface area (Å²) in [4.78, 5) is 27.3. The fraction of sp³-hybridized carbons (Fsp3) is 0.143. The Morgan fingerprint density at radius 1 is 1.07 bits per heavy atom. The second-order valence-electron chi connectivity index (χ2n) is 6.22. The van der Waals surface area contributed by atoms with Crippen molar-refractivity contribution in [2.24, 2.45) is 0 Å². The maximum Gasteiger partial charge on any atom is 0.264 e. The zero-order valence-corrected chi connectivity index (χ0v) is 17.4. The Kier molecular flexibility index (Phi) is 6.08. The van der Waals surface area contributed by atoms with Gasteiger partial charge < -0.3 is 10.2 Å². The lowest BCUT2D eigenvalue weighted by atomic mass is 10.0. The molecule has 0 saturated heterocycles. The van der Waals surface area contributed by atoms with E-state index < -0.39 is 0 Å². The molecule has 0 fully saturated rings. The third-order valence-electron chi connectivity index (χ3n) is 4.10. The smallest absolute Gasteiger partial charge is 0.264 e. The van der Waals surface area contributed by atoms with Crippen molar-refractivity contribution in [3.8, 4) is 11.1 Å². The number of likely N-dealkylation sites (N-methyl/N-ethyl adjacent to an activating group) is 1. The average molecular weight is 443 g/mol. The zero-order valence-electron chi connectivity index (χ0n) is 15.0. The first-order valence-corrected chi connectivity index (χ1v) is 10.1. The van der Waals surface area contributed by atoms with Gasteiger partial charge in [0.15, 0.2) is 0 Å². The van der Waals surface area contributed by atoms with Crippen LogP contribution < -0.4 is 5.32 Å². The number of hydrogen-bond acceptors (Lipinski definition) is 3. The number of amides is 2. The number of nitrogens with one attached hydrogen (secondary N) is 1. The van der Waals surface area contributed by atoms with Gasteiger partial charge >= 0.3 is 0 Å². The van der Waals surface area contributed by atoms with Crippen LogP contribution in [0.5, 0.6) is 0 Å². The molecule has 0 radical (unpaired) electrons. The third-order valence-corrected chi connectivity index (χ3v) is 5.69. The number of nitrogens with zero attached hydrogens (tertiary/aromatic N) is 1. The lowest BCUT2D eigenvalue weighted by molar-refractivity contribution is -0.116. The van der Waals surface area contributed by atoms with Crippen LogP contribution in [0.15, 0.2) is 64.5 Å². The molecule has 2 amide bonds. The Bertz CT molecular complexity index is 966. The highest BCUT2D eigenvalue weighted by molar-refractivity contribution is 9.10. The quantitative estimate of drug-likeness (QED) is 0.590. The van der Waals surface area contributed by atoms with Gasteiger partial charge in [0.2, 0.25) is 5.91 Å². The molecule has 1 aromatic heterocycles. The molecule has 1 N–H and O–H groups in total. The highest BCUT2D eigenvalue weighted by Crippen LogP contribution is 2.29. The molecule has 0 aliphatic rings. The Labute approximate surface area is 171 Å². The van der Waals surface area contributed by atoms with Gasteiger partial charge in [-0.25, -0.2) is 0 Å². The molecule has 3 rings (SSSR count). The van der Waals surface area contributed by atoms with Crippen LogP contribution in [0.4, 0.5) is 5.69 Å². The Balaban J connectivity index is 1.71. The molecule has 0 spiro atoms. The first kappa shape index (κ1) is 19.3. The third kappa shape index (κ3) is 4.64. The summed E-state index contributed by atoms with van der Waals surface area (Å²) >= 11 is 4.79. The molecule has 0 atom stereocenters. The number of benzene rings is 2. The molecule has 6 heteroatoms. The molecular formula is C21H19BrN2O2S. The molecule has 4 nitrogen and oxygen atoms in total. The van der Waals surface area contributed by atoms with Crippen molar-refractivity contribution in [1.82, 2.24) is 4.90 Å². The minimum Gasteiger partial charge on any atom is -0.332 e. The van der Waals surface area contributed by atoms with Gasteiger partial charge in [-0.05, 0) is 52.0 Å². The van der Waals surface area contributed by atoms with E-state index in [1.165, 1.54) is 21.8 Å². The fourth-order valence-electron chi connectivity index (χ4n) is 2.65. The number of para-hydroxylation sites is 1. The first-order valence-electron chi connectivity index (χ1n) is 8.40. The predicted molar refractivity (Wildman–Crippen MR) is 114 cm³/mol. The van der Waals surface area contributed by atoms with Gasteiger partial charge in [0.1, 0.15) is 0 Å². The topological polar surface area (TPSA) is 49.4 Å². The number of anilines is 1. The largest absolute Gasteiger partial charge is 0.332 e. The zero-order chi connectivity index (χ0) is 19.4. The molecule has 1 heterocycles. The Morgan fingerprint density at radius 2 is 1.78 bits per heavy atom. The van der Waals surface area contributed by atoms with Crippen LogP contribution in [-0.4, -0.2) is 30.3 Å². The maximum absolute atomic E-state index is 12.9. The second kappa shape index (κ2) is 8.50. The van der Waals surface area contributed by atoms with Crippen LogP contribution in [0.1, 0.15) is 15.2 Å². The molecule has 0 aliphatic heterocycles. The fourth-order valence-corrected chi connectivity index (χ4v) is 3.94. The van der Waals surface area contributed by atoms with Gasteiger partial charge in [-0.1, -0.05) is 42.0 Å². The van der Waals surface area contributed by atoms with E-state index >= 15 is 0 Å². The molecule has 138 valence electrons. The summed E-state index contributed by atoms with van der Waals surface area (Å²) < 4.78 is 0.798. The average Bonchev–Trinajstić information content (AvgIpc) is 3.13. The minimum atomic E-state index is -0.244. The summed E-state index contributed by atoms with van der Waals surface area (Å²) in [5.41, 5.74) is 3.74. The number of thiophene rings is 1. The van der Waals surface area contributed by atoms with Gasteiger partial charge in [0.05, 0.1) is 17.1 Å². The minimum absolute atomic E-state index is 0.0224. The number of aryl methyl sites for hydroxylation is 1. The van der Waals surface area contributed by atoms with E-state index in [0.717, 1.165) is 15.6 Å². The number of carbonyl (C=O) groups excluding carboxylic acids is 2. The normalized spacial score (nSPS) is 10.5. The Morgan fingerprint density at radius 3 is 2.48 bits per heavy atom. The van der Waals surface area contributed by atoms with Crippen molar-refractivity contribution in [2.45, 2.75) is 6.92 Å².